The van der Waals surface area contributed by atoms with Gasteiger partial charge in [-0.15, -0.1) is 0 Å². The lowest BCUT2D eigenvalue weighted by molar-refractivity contribution is 0.871. The molecule has 2 rings (SSSR count). The number of aryl methyl sites for hydroxylation is 1. The number of H-pyrrole nitrogens is 1. The largest absolute Gasteiger partial charge is 0.370 e. The molecule has 0 spiro atoms. The second-order valence-corrected chi connectivity index (χ2v) is 3.68. The molecule has 2 heterocycles. The van der Waals surface area contributed by atoms with Crippen molar-refractivity contribution in [1.82, 2.24) is 25.1 Å². The standard InChI is InChI=1S/C11H16N6/c1-3-5-8-6-9(12-4-2)16-11(15-8)10-13-7-14-17-10/h6-7H,3-5H2,1-2H3,(H,12,15,16)(H,13,14,17). The van der Waals surface area contributed by atoms with Crippen LogP contribution >= 0.6 is 0 Å². The van der Waals surface area contributed by atoms with Crippen molar-refractivity contribution >= 4 is 5.82 Å². The van der Waals surface area contributed by atoms with Gasteiger partial charge in [-0.2, -0.15) is 5.10 Å². The molecule has 90 valence electrons. The molecule has 2 aromatic rings. The van der Waals surface area contributed by atoms with Crippen molar-refractivity contribution in [2.45, 2.75) is 26.7 Å². The molecule has 6 nitrogen and oxygen atoms in total. The fraction of sp³-hybridized carbons (Fsp3) is 0.455. The van der Waals surface area contributed by atoms with E-state index in [-0.39, 0.29) is 0 Å². The first-order valence-electron chi connectivity index (χ1n) is 5.81. The summed E-state index contributed by atoms with van der Waals surface area (Å²) in [6, 6.07) is 1.98. The summed E-state index contributed by atoms with van der Waals surface area (Å²) in [4.78, 5) is 12.9. The third kappa shape index (κ3) is 2.77. The topological polar surface area (TPSA) is 79.4 Å². The van der Waals surface area contributed by atoms with Crippen LogP contribution in [0.2, 0.25) is 0 Å². The summed E-state index contributed by atoms with van der Waals surface area (Å²) in [6.45, 7) is 5.00. The highest BCUT2D eigenvalue weighted by molar-refractivity contribution is 5.48. The van der Waals surface area contributed by atoms with E-state index in [2.05, 4.69) is 37.4 Å². The van der Waals surface area contributed by atoms with Crippen LogP contribution in [0.4, 0.5) is 5.82 Å². The van der Waals surface area contributed by atoms with Gasteiger partial charge in [0.1, 0.15) is 12.1 Å². The molecule has 6 heteroatoms. The summed E-state index contributed by atoms with van der Waals surface area (Å²) in [7, 11) is 0. The summed E-state index contributed by atoms with van der Waals surface area (Å²) in [5.74, 6) is 2.02. The Balaban J connectivity index is 2.37. The second kappa shape index (κ2) is 5.38. The molecule has 0 unspecified atom stereocenters. The molecular formula is C11H16N6. The third-order valence-corrected chi connectivity index (χ3v) is 2.27. The Morgan fingerprint density at radius 3 is 2.82 bits per heavy atom. The van der Waals surface area contributed by atoms with E-state index in [4.69, 9.17) is 0 Å². The van der Waals surface area contributed by atoms with Crippen LogP contribution in [-0.2, 0) is 6.42 Å². The molecule has 0 atom stereocenters. The molecule has 2 aromatic heterocycles. The van der Waals surface area contributed by atoms with Gasteiger partial charge in [-0.1, -0.05) is 13.3 Å². The van der Waals surface area contributed by atoms with Crippen molar-refractivity contribution in [3.63, 3.8) is 0 Å². The Labute approximate surface area is 99.9 Å². The highest BCUT2D eigenvalue weighted by Gasteiger charge is 2.08. The summed E-state index contributed by atoms with van der Waals surface area (Å²) < 4.78 is 0. The van der Waals surface area contributed by atoms with E-state index in [0.29, 0.717) is 11.6 Å². The zero-order chi connectivity index (χ0) is 12.1. The van der Waals surface area contributed by atoms with Gasteiger partial charge in [-0.25, -0.2) is 15.0 Å². The normalized spacial score (nSPS) is 10.5. The van der Waals surface area contributed by atoms with Gasteiger partial charge in [0.25, 0.3) is 0 Å². The van der Waals surface area contributed by atoms with Crippen LogP contribution in [0.5, 0.6) is 0 Å². The molecule has 0 aromatic carbocycles. The summed E-state index contributed by atoms with van der Waals surface area (Å²) in [6.07, 6.45) is 3.44. The number of nitrogens with zero attached hydrogens (tertiary/aromatic N) is 4. The summed E-state index contributed by atoms with van der Waals surface area (Å²) in [5.41, 5.74) is 1.02. The first-order chi connectivity index (χ1) is 8.33. The van der Waals surface area contributed by atoms with E-state index in [0.717, 1.165) is 30.9 Å². The van der Waals surface area contributed by atoms with Gasteiger partial charge in [0.05, 0.1) is 0 Å². The van der Waals surface area contributed by atoms with Gasteiger partial charge in [-0.3, -0.25) is 5.10 Å². The molecular weight excluding hydrogens is 216 g/mol. The number of aromatic amines is 1. The zero-order valence-corrected chi connectivity index (χ0v) is 10.1. The van der Waals surface area contributed by atoms with Crippen LogP contribution in [0.15, 0.2) is 12.4 Å². The van der Waals surface area contributed by atoms with Gasteiger partial charge in [0, 0.05) is 18.3 Å². The molecule has 0 aliphatic carbocycles. The lowest BCUT2D eigenvalue weighted by atomic mass is 10.2. The van der Waals surface area contributed by atoms with Crippen LogP contribution in [0.1, 0.15) is 26.0 Å². The smallest absolute Gasteiger partial charge is 0.199 e. The van der Waals surface area contributed by atoms with Gasteiger partial charge >= 0.3 is 0 Å². The fourth-order valence-corrected chi connectivity index (χ4v) is 1.57. The van der Waals surface area contributed by atoms with E-state index in [9.17, 15) is 0 Å². The summed E-state index contributed by atoms with van der Waals surface area (Å²) >= 11 is 0. The van der Waals surface area contributed by atoms with Crippen molar-refractivity contribution in [3.8, 4) is 11.6 Å². The van der Waals surface area contributed by atoms with Crippen molar-refractivity contribution in [1.29, 1.82) is 0 Å². The van der Waals surface area contributed by atoms with Gasteiger partial charge < -0.3 is 5.32 Å². The van der Waals surface area contributed by atoms with Gasteiger partial charge in [-0.05, 0) is 13.3 Å². The number of hydrogen-bond acceptors (Lipinski definition) is 5. The lowest BCUT2D eigenvalue weighted by Crippen LogP contribution is -2.04. The highest BCUT2D eigenvalue weighted by Crippen LogP contribution is 2.14. The lowest BCUT2D eigenvalue weighted by Gasteiger charge is -2.06. The van der Waals surface area contributed by atoms with Crippen LogP contribution in [0, 0.1) is 0 Å². The maximum Gasteiger partial charge on any atom is 0.199 e. The Bertz CT molecular complexity index is 441. The molecule has 0 bridgehead atoms. The number of hydrogen-bond donors (Lipinski definition) is 2. The molecule has 0 radical (unpaired) electrons. The van der Waals surface area contributed by atoms with Crippen molar-refractivity contribution in [3.05, 3.63) is 18.1 Å². The average molecular weight is 232 g/mol. The molecule has 17 heavy (non-hydrogen) atoms. The predicted octanol–water partition coefficient (Wildman–Crippen LogP) is 1.65. The fourth-order valence-electron chi connectivity index (χ4n) is 1.57. The van der Waals surface area contributed by atoms with Crippen LogP contribution < -0.4 is 5.32 Å². The molecule has 0 aliphatic heterocycles. The van der Waals surface area contributed by atoms with E-state index in [1.165, 1.54) is 6.33 Å². The predicted molar refractivity (Wildman–Crippen MR) is 65.6 cm³/mol. The van der Waals surface area contributed by atoms with Crippen molar-refractivity contribution < 1.29 is 0 Å². The minimum Gasteiger partial charge on any atom is -0.370 e. The van der Waals surface area contributed by atoms with Crippen molar-refractivity contribution in [2.24, 2.45) is 0 Å². The molecule has 0 saturated heterocycles. The Hall–Kier alpha value is -1.98. The van der Waals surface area contributed by atoms with Crippen LogP contribution in [-0.4, -0.2) is 31.7 Å². The maximum atomic E-state index is 4.46. The quantitative estimate of drug-likeness (QED) is 0.819. The third-order valence-electron chi connectivity index (χ3n) is 2.27. The molecule has 0 amide bonds. The molecule has 0 aliphatic rings. The average Bonchev–Trinajstić information content (AvgIpc) is 2.83. The molecule has 0 saturated carbocycles. The van der Waals surface area contributed by atoms with E-state index < -0.39 is 0 Å². The Kier molecular flexibility index (Phi) is 3.64. The SMILES string of the molecule is CCCc1cc(NCC)nc(-c2ncn[nH]2)n1. The van der Waals surface area contributed by atoms with E-state index in [1.807, 2.05) is 13.0 Å². The van der Waals surface area contributed by atoms with Crippen LogP contribution in [0.3, 0.4) is 0 Å². The Morgan fingerprint density at radius 2 is 2.18 bits per heavy atom. The monoisotopic (exact) mass is 232 g/mol. The second-order valence-electron chi connectivity index (χ2n) is 3.68. The zero-order valence-electron chi connectivity index (χ0n) is 10.1. The van der Waals surface area contributed by atoms with E-state index >= 15 is 0 Å². The van der Waals surface area contributed by atoms with Crippen LogP contribution in [0.25, 0.3) is 11.6 Å². The van der Waals surface area contributed by atoms with Gasteiger partial charge in [0.2, 0.25) is 0 Å². The Morgan fingerprint density at radius 1 is 1.29 bits per heavy atom. The van der Waals surface area contributed by atoms with Crippen molar-refractivity contribution in [2.75, 3.05) is 11.9 Å². The maximum absolute atomic E-state index is 4.46. The molecule has 0 fully saturated rings. The number of anilines is 1. The van der Waals surface area contributed by atoms with E-state index in [1.54, 1.807) is 0 Å². The number of aromatic nitrogens is 5. The van der Waals surface area contributed by atoms with Gasteiger partial charge in [0.15, 0.2) is 11.6 Å². The number of nitrogens with one attached hydrogen (secondary N) is 2. The first-order valence-corrected chi connectivity index (χ1v) is 5.81. The number of rotatable bonds is 5. The summed E-state index contributed by atoms with van der Waals surface area (Å²) in [5, 5.41) is 9.79. The minimum atomic E-state index is 0.587. The highest BCUT2D eigenvalue weighted by atomic mass is 15.2. The first kappa shape index (κ1) is 11.5. The molecule has 2 N–H and O–H groups in total. The minimum absolute atomic E-state index is 0.587.